The van der Waals surface area contributed by atoms with Crippen LogP contribution in [0, 0.1) is 41.4 Å². The van der Waals surface area contributed by atoms with Gasteiger partial charge in [0.25, 0.3) is 8.32 Å². The van der Waals surface area contributed by atoms with Crippen LogP contribution in [0.3, 0.4) is 0 Å². The van der Waals surface area contributed by atoms with Crippen LogP contribution in [-0.2, 0) is 36.6 Å². The van der Waals surface area contributed by atoms with Gasteiger partial charge in [0, 0.05) is 36.9 Å². The Hall–Kier alpha value is -3.43. The van der Waals surface area contributed by atoms with Crippen LogP contribution in [-0.4, -0.2) is 56.8 Å². The summed E-state index contributed by atoms with van der Waals surface area (Å²) in [5, 5.41) is 14.3. The van der Waals surface area contributed by atoms with Crippen molar-refractivity contribution >= 4 is 24.5 Å². The Kier molecular flexibility index (Phi) is 19.4. The highest BCUT2D eigenvalue weighted by Gasteiger charge is 2.51. The predicted molar refractivity (Wildman–Crippen MR) is 262 cm³/mol. The zero-order valence-electron chi connectivity index (χ0n) is 40.3. The highest BCUT2D eigenvalue weighted by atomic mass is 28.4. The Morgan fingerprint density at radius 3 is 1.78 bits per heavy atom. The van der Waals surface area contributed by atoms with Gasteiger partial charge >= 0.3 is 0 Å². The first kappa shape index (κ1) is 50.6. The third-order valence-corrected chi connectivity index (χ3v) is 19.1. The van der Waals surface area contributed by atoms with Gasteiger partial charge in [0.2, 0.25) is 0 Å². The maximum Gasteiger partial charge on any atom is 0.261 e. The molecule has 1 fully saturated rings. The van der Waals surface area contributed by atoms with Gasteiger partial charge in [0.1, 0.15) is 5.78 Å². The van der Waals surface area contributed by atoms with Crippen molar-refractivity contribution in [2.75, 3.05) is 13.2 Å². The van der Waals surface area contributed by atoms with E-state index in [1.807, 2.05) is 50.2 Å². The van der Waals surface area contributed by atoms with Crippen molar-refractivity contribution in [3.05, 3.63) is 132 Å². The fourth-order valence-corrected chi connectivity index (χ4v) is 15.1. The maximum atomic E-state index is 14.8. The van der Waals surface area contributed by atoms with Crippen LogP contribution in [0.5, 0.6) is 0 Å². The van der Waals surface area contributed by atoms with Crippen molar-refractivity contribution in [2.24, 2.45) is 41.4 Å². The molecule has 0 bridgehead atoms. The average molecular weight is 877 g/mol. The summed E-state index contributed by atoms with van der Waals surface area (Å²) in [5.74, 6) is -0.291. The van der Waals surface area contributed by atoms with Crippen LogP contribution in [0.4, 0.5) is 0 Å². The van der Waals surface area contributed by atoms with Crippen LogP contribution >= 0.6 is 0 Å². The van der Waals surface area contributed by atoms with Crippen molar-refractivity contribution < 1.29 is 28.5 Å². The molecule has 0 radical (unpaired) electrons. The van der Waals surface area contributed by atoms with Crippen LogP contribution in [0.25, 0.3) is 0 Å². The average Bonchev–Trinajstić information content (AvgIpc) is 3.29. The molecule has 11 atom stereocenters. The summed E-state index contributed by atoms with van der Waals surface area (Å²) in [6, 6.07) is 42.2. The normalized spacial score (nSPS) is 21.1. The Bertz CT molecular complexity index is 1850. The van der Waals surface area contributed by atoms with Crippen LogP contribution in [0.2, 0.25) is 5.04 Å². The highest BCUT2D eigenvalue weighted by Crippen LogP contribution is 2.41. The quantitative estimate of drug-likeness (QED) is 0.0707. The number of aliphatic hydroxyl groups excluding tert-OH is 1. The van der Waals surface area contributed by atoms with E-state index < -0.39 is 32.4 Å². The molecular formula is C56H80O6Si. The zero-order chi connectivity index (χ0) is 45.6. The van der Waals surface area contributed by atoms with E-state index in [1.54, 1.807) is 0 Å². The molecule has 5 rings (SSSR count). The lowest BCUT2D eigenvalue weighted by Crippen LogP contribution is -2.67. The number of benzene rings is 4. The van der Waals surface area contributed by atoms with Gasteiger partial charge in [-0.15, -0.1) is 0 Å². The number of rotatable bonds is 24. The minimum atomic E-state index is -2.73. The van der Waals surface area contributed by atoms with E-state index in [4.69, 9.17) is 18.6 Å². The first-order chi connectivity index (χ1) is 30.2. The Labute approximate surface area is 382 Å². The zero-order valence-corrected chi connectivity index (χ0v) is 41.3. The minimum Gasteiger partial charge on any atom is -0.407 e. The van der Waals surface area contributed by atoms with E-state index in [0.29, 0.717) is 32.8 Å². The first-order valence-corrected chi connectivity index (χ1v) is 26.0. The van der Waals surface area contributed by atoms with Gasteiger partial charge in [-0.2, -0.15) is 0 Å². The second-order valence-corrected chi connectivity index (χ2v) is 24.3. The van der Waals surface area contributed by atoms with Crippen LogP contribution < -0.4 is 10.4 Å². The molecule has 0 aromatic heterocycles. The Morgan fingerprint density at radius 2 is 1.27 bits per heavy atom. The lowest BCUT2D eigenvalue weighted by atomic mass is 9.74. The van der Waals surface area contributed by atoms with Gasteiger partial charge in [-0.1, -0.05) is 191 Å². The molecule has 0 unspecified atom stereocenters. The number of ether oxygens (including phenoxy) is 3. The number of carbonyl (C=O) groups excluding carboxylic acids is 1. The Morgan fingerprint density at radius 1 is 0.746 bits per heavy atom. The molecular weight excluding hydrogens is 797 g/mol. The van der Waals surface area contributed by atoms with Crippen molar-refractivity contribution in [1.82, 2.24) is 0 Å². The molecule has 0 spiro atoms. The summed E-state index contributed by atoms with van der Waals surface area (Å²) in [7, 11) is -2.73. The Balaban J connectivity index is 1.33. The monoisotopic (exact) mass is 877 g/mol. The second kappa shape index (κ2) is 24.2. The third kappa shape index (κ3) is 13.1. The molecule has 4 aromatic rings. The van der Waals surface area contributed by atoms with E-state index in [0.717, 1.165) is 36.8 Å². The fourth-order valence-electron chi connectivity index (χ4n) is 10.5. The SMILES string of the molecule is CC[C@@H](CO[Si](c1ccccc1)(c1ccccc1)C(C)(C)C)[C@H]1CC[C@H](C)[C@H]([C@@H](C)[C@H](OCc2ccccc2)[C@H](C)C(=O)[C@H](CC)[C@@H](O)[C@@H](C)C[C@@H](C)COCc2ccccc2)O1. The molecule has 1 aliphatic heterocycles. The van der Waals surface area contributed by atoms with Crippen molar-refractivity contribution in [2.45, 2.75) is 144 Å². The summed E-state index contributed by atoms with van der Waals surface area (Å²) in [5.41, 5.74) is 2.22. The van der Waals surface area contributed by atoms with Crippen molar-refractivity contribution in [1.29, 1.82) is 0 Å². The van der Waals surface area contributed by atoms with E-state index in [-0.39, 0.29) is 52.6 Å². The van der Waals surface area contributed by atoms with Gasteiger partial charge in [-0.3, -0.25) is 4.79 Å². The predicted octanol–water partition coefficient (Wildman–Crippen LogP) is 11.5. The molecule has 1 heterocycles. The maximum absolute atomic E-state index is 14.8. The molecule has 6 nitrogen and oxygen atoms in total. The molecule has 1 saturated heterocycles. The summed E-state index contributed by atoms with van der Waals surface area (Å²) >= 11 is 0. The summed E-state index contributed by atoms with van der Waals surface area (Å²) < 4.78 is 27.7. The van der Waals surface area contributed by atoms with E-state index in [9.17, 15) is 9.90 Å². The molecule has 0 amide bonds. The van der Waals surface area contributed by atoms with E-state index in [1.165, 1.54) is 10.4 Å². The van der Waals surface area contributed by atoms with Gasteiger partial charge < -0.3 is 23.7 Å². The number of aliphatic hydroxyl groups is 1. The largest absolute Gasteiger partial charge is 0.407 e. The van der Waals surface area contributed by atoms with Crippen molar-refractivity contribution in [3.63, 3.8) is 0 Å². The molecule has 1 aliphatic rings. The minimum absolute atomic E-state index is 0.0161. The lowest BCUT2D eigenvalue weighted by Gasteiger charge is -2.46. The number of ketones is 1. The smallest absolute Gasteiger partial charge is 0.261 e. The van der Waals surface area contributed by atoms with Crippen molar-refractivity contribution in [3.8, 4) is 0 Å². The molecule has 4 aromatic carbocycles. The topological polar surface area (TPSA) is 74.2 Å². The molecule has 7 heteroatoms. The van der Waals surface area contributed by atoms with Crippen LogP contribution in [0.15, 0.2) is 121 Å². The molecule has 0 aliphatic carbocycles. The number of carbonyl (C=O) groups is 1. The standard InChI is InChI=1S/C56H80O6Si/c1-11-47(39-61-63(56(8,9)10,48-29-21-15-22-30-48)49-31-23-16-24-32-49)51-34-33-41(4)54(62-51)44(7)55(60-38-46-27-19-14-20-28-46)43(6)53(58)50(12-2)52(57)42(5)35-40(3)36-59-37-45-25-17-13-18-26-45/h13-32,40-44,47,50-52,54-55,57H,11-12,33-39H2,1-10H3/t40-,41+,42+,43-,44-,47+,50-,51-,52+,54-,55-/m1/s1. The molecule has 63 heavy (non-hydrogen) atoms. The van der Waals surface area contributed by atoms with E-state index >= 15 is 0 Å². The third-order valence-electron chi connectivity index (χ3n) is 14.1. The molecule has 1 N–H and O–H groups in total. The first-order valence-electron chi connectivity index (χ1n) is 24.1. The highest BCUT2D eigenvalue weighted by molar-refractivity contribution is 6.99. The summed E-state index contributed by atoms with van der Waals surface area (Å²) in [6.45, 7) is 24.2. The number of hydrogen-bond acceptors (Lipinski definition) is 6. The van der Waals surface area contributed by atoms with E-state index in [2.05, 4.69) is 140 Å². The summed E-state index contributed by atoms with van der Waals surface area (Å²) in [4.78, 5) is 14.8. The van der Waals surface area contributed by atoms with Gasteiger partial charge in [0.05, 0.1) is 37.6 Å². The van der Waals surface area contributed by atoms with Crippen LogP contribution in [0.1, 0.15) is 112 Å². The number of Topliss-reactive ketones (excluding diaryl/α,β-unsaturated/α-hetero) is 1. The second-order valence-electron chi connectivity index (χ2n) is 20.0. The lowest BCUT2D eigenvalue weighted by molar-refractivity contribution is -0.166. The number of hydrogen-bond donors (Lipinski definition) is 1. The fraction of sp³-hybridized carbons (Fsp3) is 0.554. The van der Waals surface area contributed by atoms with Gasteiger partial charge in [0.15, 0.2) is 0 Å². The van der Waals surface area contributed by atoms with Gasteiger partial charge in [-0.05, 0) is 76.4 Å². The summed E-state index contributed by atoms with van der Waals surface area (Å²) in [6.07, 6.45) is 3.01. The molecule has 0 saturated carbocycles. The van der Waals surface area contributed by atoms with Gasteiger partial charge in [-0.25, -0.2) is 0 Å². The molecule has 344 valence electrons.